The van der Waals surface area contributed by atoms with Crippen LogP contribution in [0, 0.1) is 6.92 Å². The van der Waals surface area contributed by atoms with E-state index < -0.39 is 0 Å². The molecule has 0 aliphatic heterocycles. The van der Waals surface area contributed by atoms with E-state index in [1.807, 2.05) is 200 Å². The second-order valence-corrected chi connectivity index (χ2v) is 31.4. The maximum atomic E-state index is 6.31. The van der Waals surface area contributed by atoms with Gasteiger partial charge in [0, 0.05) is 74.0 Å². The number of H-pyrrole nitrogens is 2. The number of nitrogen functional groups attached to an aromatic ring is 6. The number of rotatable bonds is 12. The molecule has 24 aromatic rings. The Hall–Kier alpha value is -18.1. The number of fused-ring (bicyclic) bond motifs is 6. The van der Waals surface area contributed by atoms with Crippen molar-refractivity contribution in [2.45, 2.75) is 6.92 Å². The van der Waals surface area contributed by atoms with E-state index in [2.05, 4.69) is 121 Å². The van der Waals surface area contributed by atoms with Crippen molar-refractivity contribution in [3.8, 4) is 130 Å². The summed E-state index contributed by atoms with van der Waals surface area (Å²) >= 11 is 20.5. The van der Waals surface area contributed by atoms with Crippen molar-refractivity contribution >= 4 is 146 Å². The lowest BCUT2D eigenvalue weighted by Gasteiger charge is -2.09. The fraction of sp³-hybridized carbons (Fsp3) is 0.0104. The lowest BCUT2D eigenvalue weighted by molar-refractivity contribution is 0.546. The second-order valence-electron chi connectivity index (χ2n) is 29.3. The molecule has 0 saturated heterocycles. The third-order valence-corrected chi connectivity index (χ3v) is 22.0. The van der Waals surface area contributed by atoms with E-state index in [1.54, 1.807) is 77.9 Å². The van der Waals surface area contributed by atoms with Crippen LogP contribution in [0.1, 0.15) is 5.76 Å². The van der Waals surface area contributed by atoms with E-state index in [9.17, 15) is 0 Å². The van der Waals surface area contributed by atoms with Gasteiger partial charge in [-0.05, 0) is 104 Å². The number of nitrogens with one attached hydrogen (secondary N) is 2. The van der Waals surface area contributed by atoms with E-state index in [1.165, 1.54) is 44.0 Å². The topological polar surface area (TPSA) is 516 Å². The predicted octanol–water partition coefficient (Wildman–Crippen LogP) is 20.3. The molecule has 15 heterocycles. The maximum absolute atomic E-state index is 6.31. The number of nitrogens with zero attached hydrogens (tertiary/aromatic N) is 22. The van der Waals surface area contributed by atoms with Crippen LogP contribution in [0.25, 0.3) is 196 Å². The van der Waals surface area contributed by atoms with Gasteiger partial charge in [0.1, 0.15) is 85.5 Å². The highest BCUT2D eigenvalue weighted by Gasteiger charge is 2.23. The largest absolute Gasteiger partial charge is 0.460 e. The Morgan fingerprint density at radius 3 is 1.38 bits per heavy atom. The van der Waals surface area contributed by atoms with Crippen molar-refractivity contribution < 1.29 is 17.7 Å². The van der Waals surface area contributed by atoms with Gasteiger partial charge in [0.05, 0.1) is 131 Å². The van der Waals surface area contributed by atoms with Crippen LogP contribution in [0.2, 0.25) is 15.1 Å². The van der Waals surface area contributed by atoms with Crippen molar-refractivity contribution in [2.24, 2.45) is 0 Å². The van der Waals surface area contributed by atoms with Gasteiger partial charge in [-0.1, -0.05) is 150 Å². The zero-order valence-corrected chi connectivity index (χ0v) is 72.9. The van der Waals surface area contributed by atoms with Crippen molar-refractivity contribution in [3.05, 3.63) is 326 Å². The number of hydrogen-bond donors (Lipinski definition) is 8. The minimum Gasteiger partial charge on any atom is -0.460 e. The average molecular weight is 1840 g/mol. The summed E-state index contributed by atoms with van der Waals surface area (Å²) in [6.07, 6.45) is 21.7. The summed E-state index contributed by atoms with van der Waals surface area (Å²) < 4.78 is 24.4. The number of pyridine rings is 1. The summed E-state index contributed by atoms with van der Waals surface area (Å²) in [6.45, 7) is 1.87. The molecular formula is C96H67Cl3N30O4S. The second kappa shape index (κ2) is 38.1. The van der Waals surface area contributed by atoms with Gasteiger partial charge in [-0.2, -0.15) is 5.10 Å². The third kappa shape index (κ3) is 18.7. The Labute approximate surface area is 776 Å². The lowest BCUT2D eigenvalue weighted by atomic mass is 10.0. The molecule has 0 bridgehead atoms. The summed E-state index contributed by atoms with van der Waals surface area (Å²) in [6, 6.07) is 67.8. The summed E-state index contributed by atoms with van der Waals surface area (Å²) in [5.74, 6) is 4.33. The SMILES string of the molecule is Cc1ccc(-c2nc(N)cnc2-c2cc(Cl)c3nc[nH]c3c2)o1.Nc1cnc(-c2cc(Cl)c3nc[nH]c3c2)c(-n2cccn2)n1.Nc1cnc(-c2cc(Cl)c3ncoc3c2)c(-c2ccccc2)n1.Nc1cnc(-c2ccc3ncccc3c2)c(-c2nnco2)n1.Nc1cnc(-c2ccc3ncoc3c2)c(-c2ccccc2)n1.Nc1cnc(-c2ccc3ncsc3c2)c(-c2ccccc2)n1. The number of aromatic nitrogens is 24. The molecule has 9 aromatic carbocycles. The van der Waals surface area contributed by atoms with Crippen molar-refractivity contribution in [1.29, 1.82) is 0 Å². The molecule has 0 spiro atoms. The van der Waals surface area contributed by atoms with Crippen LogP contribution in [0.15, 0.2) is 323 Å². The van der Waals surface area contributed by atoms with Crippen LogP contribution in [0.4, 0.5) is 34.9 Å². The van der Waals surface area contributed by atoms with E-state index in [0.717, 1.165) is 127 Å². The zero-order valence-electron chi connectivity index (χ0n) is 69.8. The van der Waals surface area contributed by atoms with Gasteiger partial charge in [0.2, 0.25) is 6.39 Å². The number of aryl methyl sites for hydroxylation is 1. The van der Waals surface area contributed by atoms with Gasteiger partial charge in [-0.25, -0.2) is 74.5 Å². The van der Waals surface area contributed by atoms with Gasteiger partial charge in [-0.15, -0.1) is 21.5 Å². The number of hydrogen-bond acceptors (Lipinski definition) is 32. The number of halogens is 3. The van der Waals surface area contributed by atoms with Crippen LogP contribution in [0.5, 0.6) is 0 Å². The minimum absolute atomic E-state index is 0.279. The number of anilines is 6. The molecule has 0 atom stereocenters. The summed E-state index contributed by atoms with van der Waals surface area (Å²) in [5.41, 5.74) is 59.9. The number of furan rings is 1. The summed E-state index contributed by atoms with van der Waals surface area (Å²) in [7, 11) is 0. The monoisotopic (exact) mass is 1840 g/mol. The fourth-order valence-corrected chi connectivity index (χ4v) is 15.9. The molecule has 0 radical (unpaired) electrons. The van der Waals surface area contributed by atoms with Crippen LogP contribution in [-0.2, 0) is 0 Å². The van der Waals surface area contributed by atoms with Crippen molar-refractivity contribution in [3.63, 3.8) is 0 Å². The first kappa shape index (κ1) is 85.4. The van der Waals surface area contributed by atoms with E-state index >= 15 is 0 Å². The van der Waals surface area contributed by atoms with Crippen LogP contribution in [-0.4, -0.2) is 120 Å². The molecule has 0 fully saturated rings. The lowest BCUT2D eigenvalue weighted by Crippen LogP contribution is -2.05. The normalized spacial score (nSPS) is 11.0. The Kier molecular flexibility index (Phi) is 24.3. The van der Waals surface area contributed by atoms with Crippen LogP contribution in [0.3, 0.4) is 0 Å². The first-order chi connectivity index (χ1) is 65.5. The Morgan fingerprint density at radius 2 is 0.821 bits per heavy atom. The molecule has 14 N–H and O–H groups in total. The molecule has 0 unspecified atom stereocenters. The highest BCUT2D eigenvalue weighted by atomic mass is 35.5. The van der Waals surface area contributed by atoms with E-state index in [-0.39, 0.29) is 5.89 Å². The molecule has 38 heteroatoms. The Morgan fingerprint density at radius 1 is 0.343 bits per heavy atom. The molecule has 0 aliphatic rings. The van der Waals surface area contributed by atoms with Crippen molar-refractivity contribution in [1.82, 2.24) is 120 Å². The van der Waals surface area contributed by atoms with Crippen molar-refractivity contribution in [2.75, 3.05) is 34.4 Å². The minimum atomic E-state index is 0.279. The summed E-state index contributed by atoms with van der Waals surface area (Å²) in [5, 5.41) is 14.4. The average Bonchev–Trinajstić information content (AvgIpc) is 1.66. The number of nitrogens with two attached hydrogens (primary N) is 6. The molecule has 0 aliphatic carbocycles. The quantitative estimate of drug-likeness (QED) is 0.0563. The predicted molar refractivity (Wildman–Crippen MR) is 518 cm³/mol. The first-order valence-corrected chi connectivity index (χ1v) is 42.6. The molecule has 0 saturated carbocycles. The highest BCUT2D eigenvalue weighted by molar-refractivity contribution is 7.16. The van der Waals surface area contributed by atoms with Gasteiger partial charge >= 0.3 is 0 Å². The molecule has 0 amide bonds. The van der Waals surface area contributed by atoms with Gasteiger partial charge in [0.25, 0.3) is 5.89 Å². The Bertz CT molecular complexity index is 8170. The first-order valence-electron chi connectivity index (χ1n) is 40.6. The molecule has 652 valence electrons. The fourth-order valence-electron chi connectivity index (χ4n) is 14.3. The summed E-state index contributed by atoms with van der Waals surface area (Å²) in [4.78, 5) is 84.3. The molecule has 15 aromatic heterocycles. The maximum Gasteiger partial charge on any atom is 0.268 e. The zero-order chi connectivity index (χ0) is 91.7. The number of aromatic amines is 2. The molecule has 134 heavy (non-hydrogen) atoms. The third-order valence-electron chi connectivity index (χ3n) is 20.4. The molecule has 34 nitrogen and oxygen atoms in total. The van der Waals surface area contributed by atoms with E-state index in [0.29, 0.717) is 118 Å². The highest BCUT2D eigenvalue weighted by Crippen LogP contribution is 2.40. The number of thiazole rings is 1. The Balaban J connectivity index is 0.000000103. The molecule has 24 rings (SSSR count). The smallest absolute Gasteiger partial charge is 0.268 e. The van der Waals surface area contributed by atoms with Crippen LogP contribution < -0.4 is 34.4 Å². The molecular weight excluding hydrogens is 1780 g/mol. The van der Waals surface area contributed by atoms with E-state index in [4.69, 9.17) is 86.9 Å². The number of benzene rings is 9. The number of oxazole rings is 2. The van der Waals surface area contributed by atoms with Gasteiger partial charge in [0.15, 0.2) is 41.2 Å². The van der Waals surface area contributed by atoms with Gasteiger partial charge in [-0.3, -0.25) is 19.9 Å². The van der Waals surface area contributed by atoms with Gasteiger partial charge < -0.3 is 62.0 Å². The standard InChI is InChI=1S/C17H11ClN4O.C17H12N4O.C17H12N4S.C16H12ClN5O.C15H10N6O.C14H10ClN7/c18-12-6-11(7-13-17(12)21-9-23-13)15-16(22-14(19)8-20-15)10-4-2-1-3-5-10;2*18-15-9-19-16(17(21-15)11-4-2-1-3-5-11)12-6-7-13-14(8-12)22-10-20-13;1-8-2-3-12(23-8)16-14(19-6-13(18)22-16)9-4-10(17)15-11(5-9)20-7-21-15;16-12-7-18-13(14(20-12)15-21-19-8-22-15)10-3-4-11-9(6-10)2-1-5-17-11;15-9-4-8(5-10-13(9)19-7-18-10)12-14(21-11(16)6-17-12)22-3-1-2-20-22/h1-9H,(H2,19,22);2*1-10H,(H2,18,21);2-7H,1H3,(H2,18,22)(H,20,21);1-8H,(H2,16,20);1-7H,(H2,16,21)(H,18,19). The van der Waals surface area contributed by atoms with Crippen LogP contribution >= 0.6 is 46.1 Å². The number of imidazole rings is 2.